The highest BCUT2D eigenvalue weighted by Crippen LogP contribution is 2.30. The van der Waals surface area contributed by atoms with Gasteiger partial charge in [0.05, 0.1) is 17.3 Å². The van der Waals surface area contributed by atoms with E-state index in [1.54, 1.807) is 12.1 Å². The summed E-state index contributed by atoms with van der Waals surface area (Å²) in [4.78, 5) is 26.0. The number of halogens is 1. The molecule has 3 rings (SSSR count). The molecule has 1 fully saturated rings. The average Bonchev–Trinajstić information content (AvgIpc) is 3.43. The van der Waals surface area contributed by atoms with Crippen LogP contribution in [0.2, 0.25) is 5.02 Å². The summed E-state index contributed by atoms with van der Waals surface area (Å²) in [5, 5.41) is 3.51. The predicted octanol–water partition coefficient (Wildman–Crippen LogP) is 3.66. The molecule has 3 N–H and O–H groups in total. The number of rotatable bonds is 7. The van der Waals surface area contributed by atoms with Gasteiger partial charge in [0.2, 0.25) is 11.8 Å². The van der Waals surface area contributed by atoms with Crippen molar-refractivity contribution in [1.82, 2.24) is 4.90 Å². The lowest BCUT2D eigenvalue weighted by Crippen LogP contribution is -2.34. The zero-order chi connectivity index (χ0) is 19.6. The van der Waals surface area contributed by atoms with Gasteiger partial charge in [-0.05, 0) is 61.6 Å². The van der Waals surface area contributed by atoms with Crippen molar-refractivity contribution in [2.45, 2.75) is 39.3 Å². The Balaban J connectivity index is 1.66. The monoisotopic (exact) mass is 385 g/mol. The molecule has 27 heavy (non-hydrogen) atoms. The third-order valence-electron chi connectivity index (χ3n) is 4.73. The van der Waals surface area contributed by atoms with Gasteiger partial charge in [-0.3, -0.25) is 14.5 Å². The van der Waals surface area contributed by atoms with E-state index in [2.05, 4.69) is 10.2 Å². The normalized spacial score (nSPS) is 13.6. The second-order valence-corrected chi connectivity index (χ2v) is 7.59. The molecule has 1 aliphatic carbocycles. The highest BCUT2D eigenvalue weighted by atomic mass is 35.5. The largest absolute Gasteiger partial charge is 0.366 e. The quantitative estimate of drug-likeness (QED) is 0.763. The van der Waals surface area contributed by atoms with Crippen molar-refractivity contribution in [2.24, 2.45) is 5.73 Å². The number of anilines is 1. The van der Waals surface area contributed by atoms with Crippen LogP contribution in [-0.4, -0.2) is 29.3 Å². The van der Waals surface area contributed by atoms with Gasteiger partial charge < -0.3 is 11.1 Å². The maximum absolute atomic E-state index is 12.6. The Morgan fingerprint density at radius 1 is 1.19 bits per heavy atom. The number of amides is 2. The molecule has 0 heterocycles. The molecule has 2 aromatic carbocycles. The lowest BCUT2D eigenvalue weighted by Gasteiger charge is -2.22. The van der Waals surface area contributed by atoms with Gasteiger partial charge >= 0.3 is 0 Å². The maximum atomic E-state index is 12.6. The summed E-state index contributed by atoms with van der Waals surface area (Å²) in [5.74, 6) is -0.519. The minimum Gasteiger partial charge on any atom is -0.366 e. The fourth-order valence-corrected chi connectivity index (χ4v) is 3.57. The number of carbonyl (C=O) groups is 2. The molecule has 142 valence electrons. The molecule has 0 atom stereocenters. The van der Waals surface area contributed by atoms with Crippen LogP contribution in [-0.2, 0) is 11.3 Å². The van der Waals surface area contributed by atoms with Crippen LogP contribution in [0.3, 0.4) is 0 Å². The standard InChI is InChI=1S/C21H24ClN3O2/c1-13-9-14(2)20(18(22)10-13)24-19(26)12-25(17-7-8-17)11-15-3-5-16(6-4-15)21(23)27/h3-6,9-10,17H,7-8,11-12H2,1-2H3,(H2,23,27)(H,24,26). The Morgan fingerprint density at radius 3 is 2.41 bits per heavy atom. The Labute approximate surface area is 164 Å². The van der Waals surface area contributed by atoms with Gasteiger partial charge in [0.15, 0.2) is 0 Å². The summed E-state index contributed by atoms with van der Waals surface area (Å²) in [6, 6.07) is 11.5. The molecular weight excluding hydrogens is 362 g/mol. The van der Waals surface area contributed by atoms with Crippen LogP contribution in [0.1, 0.15) is 39.9 Å². The predicted molar refractivity (Wildman–Crippen MR) is 108 cm³/mol. The van der Waals surface area contributed by atoms with Crippen LogP contribution in [0.25, 0.3) is 0 Å². The molecular formula is C21H24ClN3O2. The van der Waals surface area contributed by atoms with Gasteiger partial charge in [0.25, 0.3) is 0 Å². The molecule has 5 nitrogen and oxygen atoms in total. The number of primary amides is 1. The number of nitrogens with two attached hydrogens (primary N) is 1. The van der Waals surface area contributed by atoms with E-state index in [4.69, 9.17) is 17.3 Å². The van der Waals surface area contributed by atoms with E-state index in [9.17, 15) is 9.59 Å². The first-order valence-corrected chi connectivity index (χ1v) is 9.40. The number of benzene rings is 2. The van der Waals surface area contributed by atoms with Crippen molar-refractivity contribution < 1.29 is 9.59 Å². The Morgan fingerprint density at radius 2 is 1.85 bits per heavy atom. The molecule has 0 bridgehead atoms. The van der Waals surface area contributed by atoms with Gasteiger partial charge in [-0.2, -0.15) is 0 Å². The Bertz CT molecular complexity index is 837. The zero-order valence-corrected chi connectivity index (χ0v) is 16.3. The summed E-state index contributed by atoms with van der Waals surface area (Å²) < 4.78 is 0. The lowest BCUT2D eigenvalue weighted by molar-refractivity contribution is -0.117. The number of nitrogens with zero attached hydrogens (tertiary/aromatic N) is 1. The number of hydrogen-bond acceptors (Lipinski definition) is 3. The van der Waals surface area contributed by atoms with E-state index >= 15 is 0 Å². The molecule has 0 radical (unpaired) electrons. The van der Waals surface area contributed by atoms with Crippen LogP contribution < -0.4 is 11.1 Å². The molecule has 1 aliphatic rings. The fourth-order valence-electron chi connectivity index (χ4n) is 3.20. The highest BCUT2D eigenvalue weighted by molar-refractivity contribution is 6.34. The van der Waals surface area contributed by atoms with E-state index in [0.29, 0.717) is 35.4 Å². The SMILES string of the molecule is Cc1cc(C)c(NC(=O)CN(Cc2ccc(C(N)=O)cc2)C2CC2)c(Cl)c1. The zero-order valence-electron chi connectivity index (χ0n) is 15.6. The van der Waals surface area contributed by atoms with Crippen LogP contribution in [0.15, 0.2) is 36.4 Å². The molecule has 6 heteroatoms. The smallest absolute Gasteiger partial charge is 0.248 e. The van der Waals surface area contributed by atoms with Crippen LogP contribution in [0.4, 0.5) is 5.69 Å². The Kier molecular flexibility index (Phi) is 5.82. The Hall–Kier alpha value is -2.37. The van der Waals surface area contributed by atoms with Crippen molar-refractivity contribution in [2.75, 3.05) is 11.9 Å². The fraction of sp³-hybridized carbons (Fsp3) is 0.333. The summed E-state index contributed by atoms with van der Waals surface area (Å²) in [5.41, 5.74) is 9.51. The van der Waals surface area contributed by atoms with Gasteiger partial charge in [-0.25, -0.2) is 0 Å². The molecule has 1 saturated carbocycles. The average molecular weight is 386 g/mol. The van der Waals surface area contributed by atoms with Crippen LogP contribution in [0.5, 0.6) is 0 Å². The highest BCUT2D eigenvalue weighted by Gasteiger charge is 2.30. The third kappa shape index (κ3) is 5.08. The maximum Gasteiger partial charge on any atom is 0.248 e. The van der Waals surface area contributed by atoms with Gasteiger partial charge in [-0.1, -0.05) is 29.8 Å². The third-order valence-corrected chi connectivity index (χ3v) is 5.03. The minimum atomic E-state index is -0.440. The minimum absolute atomic E-state index is 0.0792. The second-order valence-electron chi connectivity index (χ2n) is 7.18. The summed E-state index contributed by atoms with van der Waals surface area (Å²) in [7, 11) is 0. The first-order chi connectivity index (χ1) is 12.8. The van der Waals surface area contributed by atoms with E-state index in [1.165, 1.54) is 0 Å². The van der Waals surface area contributed by atoms with E-state index < -0.39 is 5.91 Å². The van der Waals surface area contributed by atoms with Crippen molar-refractivity contribution in [3.05, 3.63) is 63.7 Å². The van der Waals surface area contributed by atoms with E-state index in [0.717, 1.165) is 29.5 Å². The molecule has 0 aromatic heterocycles. The first kappa shape index (κ1) is 19.4. The number of nitrogens with one attached hydrogen (secondary N) is 1. The summed E-state index contributed by atoms with van der Waals surface area (Å²) in [6.45, 7) is 4.86. The van der Waals surface area contributed by atoms with E-state index in [-0.39, 0.29) is 5.91 Å². The van der Waals surface area contributed by atoms with Crippen LogP contribution >= 0.6 is 11.6 Å². The van der Waals surface area contributed by atoms with Crippen molar-refractivity contribution in [1.29, 1.82) is 0 Å². The first-order valence-electron chi connectivity index (χ1n) is 9.03. The topological polar surface area (TPSA) is 75.4 Å². The van der Waals surface area contributed by atoms with Crippen molar-refractivity contribution >= 4 is 29.1 Å². The van der Waals surface area contributed by atoms with E-state index in [1.807, 2.05) is 38.1 Å². The van der Waals surface area contributed by atoms with Crippen molar-refractivity contribution in [3.63, 3.8) is 0 Å². The van der Waals surface area contributed by atoms with Crippen molar-refractivity contribution in [3.8, 4) is 0 Å². The van der Waals surface area contributed by atoms with Gasteiger partial charge in [0.1, 0.15) is 0 Å². The molecule has 2 amide bonds. The summed E-state index contributed by atoms with van der Waals surface area (Å²) in [6.07, 6.45) is 2.19. The van der Waals surface area contributed by atoms with Gasteiger partial charge in [-0.15, -0.1) is 0 Å². The lowest BCUT2D eigenvalue weighted by atomic mass is 10.1. The van der Waals surface area contributed by atoms with Crippen LogP contribution in [0, 0.1) is 13.8 Å². The molecule has 0 unspecified atom stereocenters. The molecule has 2 aromatic rings. The number of hydrogen-bond donors (Lipinski definition) is 2. The molecule has 0 saturated heterocycles. The van der Waals surface area contributed by atoms with Gasteiger partial charge in [0, 0.05) is 18.2 Å². The molecule has 0 aliphatic heterocycles. The summed E-state index contributed by atoms with van der Waals surface area (Å²) >= 11 is 6.29. The number of aryl methyl sites for hydroxylation is 2. The second kappa shape index (κ2) is 8.11. The number of carbonyl (C=O) groups excluding carboxylic acids is 2. The molecule has 0 spiro atoms.